The zero-order chi connectivity index (χ0) is 10.2. The molecule has 3 nitrogen and oxygen atoms in total. The van der Waals surface area contributed by atoms with Gasteiger partial charge in [0.05, 0.1) is 11.5 Å². The molecule has 14 heavy (non-hydrogen) atoms. The highest BCUT2D eigenvalue weighted by molar-refractivity contribution is 7.91. The summed E-state index contributed by atoms with van der Waals surface area (Å²) in [6.45, 7) is 0. The second-order valence-corrected chi connectivity index (χ2v) is 6.00. The molecular weight excluding hydrogens is 198 g/mol. The van der Waals surface area contributed by atoms with Crippen LogP contribution in [0.15, 0.2) is 24.3 Å². The van der Waals surface area contributed by atoms with E-state index >= 15 is 0 Å². The van der Waals surface area contributed by atoms with E-state index in [0.717, 1.165) is 12.0 Å². The van der Waals surface area contributed by atoms with Crippen LogP contribution in [-0.4, -0.2) is 19.9 Å². The number of anilines is 1. The van der Waals surface area contributed by atoms with E-state index in [2.05, 4.69) is 0 Å². The Labute approximate surface area is 83.9 Å². The Morgan fingerprint density at radius 3 is 2.71 bits per heavy atom. The highest BCUT2D eigenvalue weighted by Gasteiger charge is 2.28. The molecule has 0 amide bonds. The summed E-state index contributed by atoms with van der Waals surface area (Å²) < 4.78 is 22.5. The lowest BCUT2D eigenvalue weighted by atomic mass is 9.98. The molecule has 2 N–H and O–H groups in total. The minimum atomic E-state index is -2.80. The SMILES string of the molecule is Nc1cccc(C2CCS(=O)(=O)C2)c1. The van der Waals surface area contributed by atoms with E-state index in [1.54, 1.807) is 0 Å². The van der Waals surface area contributed by atoms with Gasteiger partial charge in [0.25, 0.3) is 0 Å². The molecule has 0 saturated carbocycles. The van der Waals surface area contributed by atoms with Crippen molar-refractivity contribution in [2.45, 2.75) is 12.3 Å². The van der Waals surface area contributed by atoms with Crippen LogP contribution < -0.4 is 5.73 Å². The first-order valence-corrected chi connectivity index (χ1v) is 6.45. The molecule has 1 atom stereocenters. The Bertz CT molecular complexity index is 439. The third kappa shape index (κ3) is 1.90. The van der Waals surface area contributed by atoms with Gasteiger partial charge in [0.15, 0.2) is 9.84 Å². The summed E-state index contributed by atoms with van der Waals surface area (Å²) in [7, 11) is -2.80. The van der Waals surface area contributed by atoms with Crippen molar-refractivity contribution in [1.82, 2.24) is 0 Å². The third-order valence-electron chi connectivity index (χ3n) is 2.61. The second-order valence-electron chi connectivity index (χ2n) is 3.77. The number of hydrogen-bond donors (Lipinski definition) is 1. The minimum Gasteiger partial charge on any atom is -0.399 e. The smallest absolute Gasteiger partial charge is 0.150 e. The molecule has 0 bridgehead atoms. The van der Waals surface area contributed by atoms with Crippen molar-refractivity contribution in [1.29, 1.82) is 0 Å². The fourth-order valence-electron chi connectivity index (χ4n) is 1.87. The number of sulfone groups is 1. The van der Waals surface area contributed by atoms with Crippen LogP contribution in [0.4, 0.5) is 5.69 Å². The Kier molecular flexibility index (Phi) is 2.23. The third-order valence-corrected chi connectivity index (χ3v) is 4.38. The van der Waals surface area contributed by atoms with Crippen LogP contribution in [0.1, 0.15) is 17.9 Å². The predicted molar refractivity (Wildman–Crippen MR) is 56.9 cm³/mol. The van der Waals surface area contributed by atoms with Crippen LogP contribution in [0, 0.1) is 0 Å². The summed E-state index contributed by atoms with van der Waals surface area (Å²) in [5, 5.41) is 0. The summed E-state index contributed by atoms with van der Waals surface area (Å²) in [5.74, 6) is 0.728. The molecule has 0 spiro atoms. The molecule has 1 aliphatic rings. The van der Waals surface area contributed by atoms with Crippen LogP contribution in [0.2, 0.25) is 0 Å². The first-order chi connectivity index (χ1) is 6.57. The van der Waals surface area contributed by atoms with Gasteiger partial charge in [0, 0.05) is 5.69 Å². The zero-order valence-electron chi connectivity index (χ0n) is 7.81. The van der Waals surface area contributed by atoms with Crippen LogP contribution in [0.5, 0.6) is 0 Å². The Balaban J connectivity index is 2.26. The van der Waals surface area contributed by atoms with Gasteiger partial charge in [-0.25, -0.2) is 8.42 Å². The quantitative estimate of drug-likeness (QED) is 0.709. The number of benzene rings is 1. The molecule has 1 aromatic carbocycles. The summed E-state index contributed by atoms with van der Waals surface area (Å²) in [4.78, 5) is 0. The maximum absolute atomic E-state index is 11.3. The topological polar surface area (TPSA) is 60.2 Å². The van der Waals surface area contributed by atoms with Crippen LogP contribution in [0.3, 0.4) is 0 Å². The normalized spacial score (nSPS) is 25.0. The number of nitrogens with two attached hydrogens (primary N) is 1. The molecule has 0 aliphatic carbocycles. The molecular formula is C10H13NO2S. The molecule has 76 valence electrons. The first-order valence-electron chi connectivity index (χ1n) is 4.63. The molecule has 1 aliphatic heterocycles. The molecule has 4 heteroatoms. The first kappa shape index (κ1) is 9.52. The highest BCUT2D eigenvalue weighted by atomic mass is 32.2. The van der Waals surface area contributed by atoms with Crippen molar-refractivity contribution in [3.8, 4) is 0 Å². The number of rotatable bonds is 1. The van der Waals surface area contributed by atoms with Gasteiger partial charge in [-0.3, -0.25) is 0 Å². The summed E-state index contributed by atoms with van der Waals surface area (Å²) >= 11 is 0. The van der Waals surface area contributed by atoms with E-state index in [1.807, 2.05) is 24.3 Å². The van der Waals surface area contributed by atoms with E-state index in [0.29, 0.717) is 11.4 Å². The van der Waals surface area contributed by atoms with Crippen molar-refractivity contribution in [2.75, 3.05) is 17.2 Å². The number of hydrogen-bond acceptors (Lipinski definition) is 3. The summed E-state index contributed by atoms with van der Waals surface area (Å²) in [6.07, 6.45) is 0.728. The van der Waals surface area contributed by atoms with Gasteiger partial charge < -0.3 is 5.73 Å². The van der Waals surface area contributed by atoms with Crippen molar-refractivity contribution in [3.63, 3.8) is 0 Å². The molecule has 0 radical (unpaired) electrons. The highest BCUT2D eigenvalue weighted by Crippen LogP contribution is 2.29. The Hall–Kier alpha value is -1.03. The predicted octanol–water partition coefficient (Wildman–Crippen LogP) is 1.17. The maximum atomic E-state index is 11.3. The van der Waals surface area contributed by atoms with Crippen molar-refractivity contribution < 1.29 is 8.42 Å². The van der Waals surface area contributed by atoms with E-state index in [9.17, 15) is 8.42 Å². The molecule has 1 fully saturated rings. The van der Waals surface area contributed by atoms with Crippen LogP contribution in [-0.2, 0) is 9.84 Å². The summed E-state index contributed by atoms with van der Waals surface area (Å²) in [6, 6.07) is 7.50. The van der Waals surface area contributed by atoms with Gasteiger partial charge in [-0.05, 0) is 30.0 Å². The van der Waals surface area contributed by atoms with E-state index in [-0.39, 0.29) is 11.7 Å². The molecule has 1 aromatic rings. The van der Waals surface area contributed by atoms with Crippen molar-refractivity contribution in [2.24, 2.45) is 0 Å². The molecule has 1 unspecified atom stereocenters. The largest absolute Gasteiger partial charge is 0.399 e. The second kappa shape index (κ2) is 3.28. The standard InChI is InChI=1S/C10H13NO2S/c11-10-3-1-2-8(6-10)9-4-5-14(12,13)7-9/h1-3,6,9H,4-5,7,11H2. The lowest BCUT2D eigenvalue weighted by Gasteiger charge is -2.07. The van der Waals surface area contributed by atoms with Gasteiger partial charge in [-0.2, -0.15) is 0 Å². The van der Waals surface area contributed by atoms with Gasteiger partial charge in [0.1, 0.15) is 0 Å². The lowest BCUT2D eigenvalue weighted by Crippen LogP contribution is -2.04. The van der Waals surface area contributed by atoms with Crippen LogP contribution >= 0.6 is 0 Å². The van der Waals surface area contributed by atoms with E-state index in [4.69, 9.17) is 5.73 Å². The maximum Gasteiger partial charge on any atom is 0.150 e. The minimum absolute atomic E-state index is 0.142. The Morgan fingerprint density at radius 2 is 2.14 bits per heavy atom. The van der Waals surface area contributed by atoms with Crippen molar-refractivity contribution >= 4 is 15.5 Å². The van der Waals surface area contributed by atoms with E-state index in [1.165, 1.54) is 0 Å². The molecule has 0 aromatic heterocycles. The van der Waals surface area contributed by atoms with E-state index < -0.39 is 9.84 Å². The molecule has 1 saturated heterocycles. The Morgan fingerprint density at radius 1 is 1.36 bits per heavy atom. The van der Waals surface area contributed by atoms with Gasteiger partial charge in [-0.1, -0.05) is 12.1 Å². The fraction of sp³-hybridized carbons (Fsp3) is 0.400. The molecule has 1 heterocycles. The van der Waals surface area contributed by atoms with Crippen molar-refractivity contribution in [3.05, 3.63) is 29.8 Å². The zero-order valence-corrected chi connectivity index (χ0v) is 8.63. The van der Waals surface area contributed by atoms with Gasteiger partial charge >= 0.3 is 0 Å². The lowest BCUT2D eigenvalue weighted by molar-refractivity contribution is 0.601. The van der Waals surface area contributed by atoms with Gasteiger partial charge in [0.2, 0.25) is 0 Å². The van der Waals surface area contributed by atoms with Crippen LogP contribution in [0.25, 0.3) is 0 Å². The average molecular weight is 211 g/mol. The van der Waals surface area contributed by atoms with Gasteiger partial charge in [-0.15, -0.1) is 0 Å². The fourth-order valence-corrected chi connectivity index (χ4v) is 3.65. The molecule has 2 rings (SSSR count). The monoisotopic (exact) mass is 211 g/mol. The average Bonchev–Trinajstić information content (AvgIpc) is 2.46. The summed E-state index contributed by atoms with van der Waals surface area (Å²) in [5.41, 5.74) is 7.39. The number of nitrogen functional groups attached to an aromatic ring is 1.